The van der Waals surface area contributed by atoms with Crippen molar-refractivity contribution in [2.75, 3.05) is 6.61 Å². The molecule has 0 heterocycles. The lowest BCUT2D eigenvalue weighted by Gasteiger charge is -2.11. The number of esters is 1. The molecule has 1 aromatic rings. The molecular weight excluding hydrogens is 256 g/mol. The summed E-state index contributed by atoms with van der Waals surface area (Å²) in [6, 6.07) is 6.69. The van der Waals surface area contributed by atoms with Crippen molar-refractivity contribution in [2.24, 2.45) is 0 Å². The van der Waals surface area contributed by atoms with E-state index in [-0.39, 0.29) is 17.8 Å². The normalized spacial score (nSPS) is 11.7. The zero-order valence-corrected chi connectivity index (χ0v) is 11.9. The van der Waals surface area contributed by atoms with Crippen LogP contribution in [0.1, 0.15) is 32.6 Å². The SMILES string of the molecule is C=CC(=O)OC(C)CCCCCOc1ccc(O)cc1. The number of rotatable bonds is 9. The van der Waals surface area contributed by atoms with E-state index in [1.807, 2.05) is 6.92 Å². The summed E-state index contributed by atoms with van der Waals surface area (Å²) in [5.74, 6) is 0.629. The second-order valence-electron chi connectivity index (χ2n) is 4.64. The minimum absolute atomic E-state index is 0.0708. The van der Waals surface area contributed by atoms with Gasteiger partial charge in [-0.15, -0.1) is 0 Å². The Kier molecular flexibility index (Phi) is 7.25. The first-order valence-corrected chi connectivity index (χ1v) is 6.86. The molecule has 0 saturated heterocycles. The van der Waals surface area contributed by atoms with Gasteiger partial charge in [-0.1, -0.05) is 6.58 Å². The van der Waals surface area contributed by atoms with E-state index in [0.717, 1.165) is 31.4 Å². The van der Waals surface area contributed by atoms with Crippen LogP contribution in [0.4, 0.5) is 0 Å². The number of carbonyl (C=O) groups excluding carboxylic acids is 1. The molecule has 4 heteroatoms. The van der Waals surface area contributed by atoms with E-state index < -0.39 is 0 Å². The highest BCUT2D eigenvalue weighted by molar-refractivity contribution is 5.81. The maximum absolute atomic E-state index is 11.0. The van der Waals surface area contributed by atoms with Crippen molar-refractivity contribution in [3.8, 4) is 11.5 Å². The molecule has 110 valence electrons. The van der Waals surface area contributed by atoms with Crippen LogP contribution in [0.15, 0.2) is 36.9 Å². The van der Waals surface area contributed by atoms with Crippen molar-refractivity contribution in [2.45, 2.75) is 38.7 Å². The molecule has 0 aliphatic carbocycles. The summed E-state index contributed by atoms with van der Waals surface area (Å²) < 4.78 is 10.6. The van der Waals surface area contributed by atoms with Crippen LogP contribution in [-0.2, 0) is 9.53 Å². The van der Waals surface area contributed by atoms with E-state index in [9.17, 15) is 4.79 Å². The summed E-state index contributed by atoms with van der Waals surface area (Å²) >= 11 is 0. The van der Waals surface area contributed by atoms with Gasteiger partial charge in [0.25, 0.3) is 0 Å². The lowest BCUT2D eigenvalue weighted by Crippen LogP contribution is -2.12. The van der Waals surface area contributed by atoms with Crippen LogP contribution >= 0.6 is 0 Å². The zero-order chi connectivity index (χ0) is 14.8. The van der Waals surface area contributed by atoms with Gasteiger partial charge in [0, 0.05) is 6.08 Å². The van der Waals surface area contributed by atoms with Crippen LogP contribution in [0, 0.1) is 0 Å². The van der Waals surface area contributed by atoms with Crippen molar-refractivity contribution in [3.05, 3.63) is 36.9 Å². The molecule has 0 aromatic heterocycles. The molecule has 20 heavy (non-hydrogen) atoms. The van der Waals surface area contributed by atoms with Gasteiger partial charge in [-0.3, -0.25) is 0 Å². The van der Waals surface area contributed by atoms with Gasteiger partial charge >= 0.3 is 5.97 Å². The number of phenolic OH excluding ortho intramolecular Hbond substituents is 1. The van der Waals surface area contributed by atoms with Gasteiger partial charge in [-0.05, 0) is 56.9 Å². The van der Waals surface area contributed by atoms with Crippen molar-refractivity contribution < 1.29 is 19.4 Å². The van der Waals surface area contributed by atoms with E-state index in [1.165, 1.54) is 6.08 Å². The predicted octanol–water partition coefficient (Wildman–Crippen LogP) is 3.45. The molecule has 0 radical (unpaired) electrons. The molecular formula is C16H22O4. The fraction of sp³-hybridized carbons (Fsp3) is 0.438. The molecule has 1 N–H and O–H groups in total. The molecule has 0 aliphatic heterocycles. The number of unbranched alkanes of at least 4 members (excludes halogenated alkanes) is 2. The molecule has 0 aliphatic rings. The molecule has 1 atom stereocenters. The van der Waals surface area contributed by atoms with Gasteiger partial charge in [-0.2, -0.15) is 0 Å². The van der Waals surface area contributed by atoms with Gasteiger partial charge in [0.1, 0.15) is 11.5 Å². The second-order valence-corrected chi connectivity index (χ2v) is 4.64. The smallest absolute Gasteiger partial charge is 0.330 e. The Labute approximate surface area is 120 Å². The molecule has 0 saturated carbocycles. The molecule has 1 aromatic carbocycles. The summed E-state index contributed by atoms with van der Waals surface area (Å²) in [6.45, 7) is 5.89. The number of ether oxygens (including phenoxy) is 2. The van der Waals surface area contributed by atoms with Crippen LogP contribution in [0.3, 0.4) is 0 Å². The average Bonchev–Trinajstić information content (AvgIpc) is 2.44. The molecule has 0 bridgehead atoms. The highest BCUT2D eigenvalue weighted by Crippen LogP contribution is 2.16. The van der Waals surface area contributed by atoms with E-state index in [0.29, 0.717) is 6.61 Å². The van der Waals surface area contributed by atoms with Crippen LogP contribution in [-0.4, -0.2) is 23.8 Å². The van der Waals surface area contributed by atoms with Crippen LogP contribution in [0.2, 0.25) is 0 Å². The van der Waals surface area contributed by atoms with Crippen molar-refractivity contribution >= 4 is 5.97 Å². The summed E-state index contributed by atoms with van der Waals surface area (Å²) in [5, 5.41) is 9.13. The van der Waals surface area contributed by atoms with E-state index in [2.05, 4.69) is 6.58 Å². The second kappa shape index (κ2) is 9.02. The number of aromatic hydroxyl groups is 1. The Morgan fingerprint density at radius 1 is 1.30 bits per heavy atom. The number of hydrogen-bond donors (Lipinski definition) is 1. The fourth-order valence-corrected chi connectivity index (χ4v) is 1.75. The van der Waals surface area contributed by atoms with Crippen molar-refractivity contribution in [3.63, 3.8) is 0 Å². The number of phenols is 1. The highest BCUT2D eigenvalue weighted by Gasteiger charge is 2.05. The lowest BCUT2D eigenvalue weighted by atomic mass is 10.1. The van der Waals surface area contributed by atoms with Crippen LogP contribution in [0.5, 0.6) is 11.5 Å². The first-order chi connectivity index (χ1) is 9.61. The summed E-state index contributed by atoms with van der Waals surface area (Å²) in [4.78, 5) is 11.0. The Bertz CT molecular complexity index is 411. The van der Waals surface area contributed by atoms with E-state index in [4.69, 9.17) is 14.6 Å². The Balaban J connectivity index is 2.03. The predicted molar refractivity (Wildman–Crippen MR) is 77.8 cm³/mol. The Morgan fingerprint density at radius 2 is 2.00 bits per heavy atom. The minimum atomic E-state index is -0.367. The highest BCUT2D eigenvalue weighted by atomic mass is 16.5. The number of carbonyl (C=O) groups is 1. The van der Waals surface area contributed by atoms with Crippen molar-refractivity contribution in [1.29, 1.82) is 0 Å². The maximum atomic E-state index is 11.0. The van der Waals surface area contributed by atoms with Gasteiger partial charge in [0.05, 0.1) is 12.7 Å². The van der Waals surface area contributed by atoms with Crippen LogP contribution in [0.25, 0.3) is 0 Å². The molecule has 1 unspecified atom stereocenters. The standard InChI is InChI=1S/C16H22O4/c1-3-16(18)20-13(2)7-5-4-6-12-19-15-10-8-14(17)9-11-15/h3,8-11,13,17H,1,4-7,12H2,2H3. The lowest BCUT2D eigenvalue weighted by molar-refractivity contribution is -0.142. The molecule has 1 rings (SSSR count). The summed E-state index contributed by atoms with van der Waals surface area (Å²) in [7, 11) is 0. The third-order valence-electron chi connectivity index (χ3n) is 2.84. The summed E-state index contributed by atoms with van der Waals surface area (Å²) in [6.07, 6.45) is 4.92. The molecule has 4 nitrogen and oxygen atoms in total. The minimum Gasteiger partial charge on any atom is -0.508 e. The van der Waals surface area contributed by atoms with Crippen LogP contribution < -0.4 is 4.74 Å². The van der Waals surface area contributed by atoms with Gasteiger partial charge in [0.15, 0.2) is 0 Å². The van der Waals surface area contributed by atoms with Crippen molar-refractivity contribution in [1.82, 2.24) is 0 Å². The quantitative estimate of drug-likeness (QED) is 0.427. The third-order valence-corrected chi connectivity index (χ3v) is 2.84. The van der Waals surface area contributed by atoms with Gasteiger partial charge < -0.3 is 14.6 Å². The monoisotopic (exact) mass is 278 g/mol. The zero-order valence-electron chi connectivity index (χ0n) is 11.9. The van der Waals surface area contributed by atoms with Gasteiger partial charge in [-0.25, -0.2) is 4.79 Å². The van der Waals surface area contributed by atoms with E-state index in [1.54, 1.807) is 24.3 Å². The first-order valence-electron chi connectivity index (χ1n) is 6.86. The van der Waals surface area contributed by atoms with E-state index >= 15 is 0 Å². The topological polar surface area (TPSA) is 55.8 Å². The fourth-order valence-electron chi connectivity index (χ4n) is 1.75. The summed E-state index contributed by atoms with van der Waals surface area (Å²) in [5.41, 5.74) is 0. The largest absolute Gasteiger partial charge is 0.508 e. The average molecular weight is 278 g/mol. The molecule has 0 fully saturated rings. The Morgan fingerprint density at radius 3 is 2.65 bits per heavy atom. The van der Waals surface area contributed by atoms with Gasteiger partial charge in [0.2, 0.25) is 0 Å². The number of hydrogen-bond acceptors (Lipinski definition) is 4. The maximum Gasteiger partial charge on any atom is 0.330 e. The Hall–Kier alpha value is -1.97. The number of benzene rings is 1. The molecule has 0 spiro atoms. The third kappa shape index (κ3) is 6.83. The molecule has 0 amide bonds. The first kappa shape index (κ1) is 16.1.